The van der Waals surface area contributed by atoms with Crippen molar-refractivity contribution in [2.45, 2.75) is 31.3 Å². The molecule has 0 saturated heterocycles. The maximum atomic E-state index is 12.8. The summed E-state index contributed by atoms with van der Waals surface area (Å²) in [5.74, 6) is 0.209. The standard InChI is InChI=1S/C20H19ClF3N5OS/c1-2-29-17(11-25-16-9-4-3-8-15(16)21)27-28-19(29)31-12-18(30)26-14-7-5-6-13(10-14)20(22,23)24/h3-10,25H,2,11-12H2,1H3,(H,26,30). The second-order valence-corrected chi connectivity index (χ2v) is 7.74. The van der Waals surface area contributed by atoms with Crippen LogP contribution in [0.5, 0.6) is 0 Å². The van der Waals surface area contributed by atoms with E-state index in [1.54, 1.807) is 6.07 Å². The molecule has 0 bridgehead atoms. The summed E-state index contributed by atoms with van der Waals surface area (Å²) >= 11 is 7.29. The lowest BCUT2D eigenvalue weighted by atomic mass is 10.2. The summed E-state index contributed by atoms with van der Waals surface area (Å²) in [6.07, 6.45) is -4.47. The van der Waals surface area contributed by atoms with Gasteiger partial charge in [-0.1, -0.05) is 41.6 Å². The van der Waals surface area contributed by atoms with Gasteiger partial charge in [-0.15, -0.1) is 10.2 Å². The number of benzene rings is 2. The molecule has 0 aliphatic carbocycles. The molecule has 0 radical (unpaired) electrons. The van der Waals surface area contributed by atoms with Crippen molar-refractivity contribution in [3.8, 4) is 0 Å². The average molecular weight is 470 g/mol. The molecule has 11 heteroatoms. The number of amides is 1. The number of carbonyl (C=O) groups excluding carboxylic acids is 1. The number of aromatic nitrogens is 3. The van der Waals surface area contributed by atoms with Gasteiger partial charge in [-0.25, -0.2) is 0 Å². The third kappa shape index (κ3) is 6.14. The molecule has 0 unspecified atom stereocenters. The molecule has 1 amide bonds. The van der Waals surface area contributed by atoms with Crippen molar-refractivity contribution in [2.75, 3.05) is 16.4 Å². The fourth-order valence-electron chi connectivity index (χ4n) is 2.75. The number of rotatable bonds is 8. The van der Waals surface area contributed by atoms with E-state index in [1.807, 2.05) is 29.7 Å². The minimum absolute atomic E-state index is 0.0215. The molecule has 0 fully saturated rings. The predicted octanol–water partition coefficient (Wildman–Crippen LogP) is 5.31. The molecule has 31 heavy (non-hydrogen) atoms. The molecule has 0 atom stereocenters. The van der Waals surface area contributed by atoms with Crippen molar-refractivity contribution >= 4 is 40.6 Å². The van der Waals surface area contributed by atoms with Crippen LogP contribution in [0.3, 0.4) is 0 Å². The highest BCUT2D eigenvalue weighted by molar-refractivity contribution is 7.99. The van der Waals surface area contributed by atoms with E-state index in [0.29, 0.717) is 29.1 Å². The van der Waals surface area contributed by atoms with E-state index in [9.17, 15) is 18.0 Å². The summed E-state index contributed by atoms with van der Waals surface area (Å²) in [4.78, 5) is 12.2. The van der Waals surface area contributed by atoms with E-state index < -0.39 is 17.6 Å². The van der Waals surface area contributed by atoms with Crippen LogP contribution in [0.1, 0.15) is 18.3 Å². The van der Waals surface area contributed by atoms with Gasteiger partial charge in [-0.2, -0.15) is 13.2 Å². The number of anilines is 2. The largest absolute Gasteiger partial charge is 0.416 e. The zero-order chi connectivity index (χ0) is 22.4. The summed E-state index contributed by atoms with van der Waals surface area (Å²) < 4.78 is 40.3. The zero-order valence-corrected chi connectivity index (χ0v) is 18.0. The Hall–Kier alpha value is -2.72. The smallest absolute Gasteiger partial charge is 0.377 e. The zero-order valence-electron chi connectivity index (χ0n) is 16.4. The fourth-order valence-corrected chi connectivity index (χ4v) is 3.78. The molecule has 1 heterocycles. The molecule has 2 N–H and O–H groups in total. The van der Waals surface area contributed by atoms with Crippen molar-refractivity contribution < 1.29 is 18.0 Å². The first kappa shape index (κ1) is 23.0. The minimum atomic E-state index is -4.47. The van der Waals surface area contributed by atoms with Crippen molar-refractivity contribution in [1.29, 1.82) is 0 Å². The van der Waals surface area contributed by atoms with E-state index in [2.05, 4.69) is 20.8 Å². The van der Waals surface area contributed by atoms with Gasteiger partial charge in [-0.05, 0) is 37.3 Å². The molecule has 0 aliphatic rings. The number of halogens is 4. The Morgan fingerprint density at radius 3 is 2.65 bits per heavy atom. The van der Waals surface area contributed by atoms with Crippen molar-refractivity contribution in [3.63, 3.8) is 0 Å². The number of hydrogen-bond acceptors (Lipinski definition) is 5. The highest BCUT2D eigenvalue weighted by atomic mass is 35.5. The first-order valence-corrected chi connectivity index (χ1v) is 10.6. The van der Waals surface area contributed by atoms with Crippen molar-refractivity contribution in [3.05, 3.63) is 64.9 Å². The molecule has 2 aromatic carbocycles. The van der Waals surface area contributed by atoms with E-state index in [-0.39, 0.29) is 11.4 Å². The van der Waals surface area contributed by atoms with Gasteiger partial charge < -0.3 is 15.2 Å². The Labute approximate surface area is 186 Å². The fraction of sp³-hybridized carbons (Fsp3) is 0.250. The number of alkyl halides is 3. The number of carbonyl (C=O) groups is 1. The summed E-state index contributed by atoms with van der Waals surface area (Å²) in [7, 11) is 0. The molecule has 3 aromatic rings. The van der Waals surface area contributed by atoms with Gasteiger partial charge >= 0.3 is 6.18 Å². The van der Waals surface area contributed by atoms with Crippen LogP contribution in [0.4, 0.5) is 24.5 Å². The van der Waals surface area contributed by atoms with E-state index in [0.717, 1.165) is 29.6 Å². The quantitative estimate of drug-likeness (QED) is 0.437. The van der Waals surface area contributed by atoms with Crippen LogP contribution in [0.25, 0.3) is 0 Å². The SMILES string of the molecule is CCn1c(CNc2ccccc2Cl)nnc1SCC(=O)Nc1cccc(C(F)(F)F)c1. The molecule has 0 spiro atoms. The van der Waals surface area contributed by atoms with Crippen LogP contribution in [0, 0.1) is 0 Å². The molecule has 164 valence electrons. The van der Waals surface area contributed by atoms with E-state index in [4.69, 9.17) is 11.6 Å². The second-order valence-electron chi connectivity index (χ2n) is 6.39. The lowest BCUT2D eigenvalue weighted by Crippen LogP contribution is -2.16. The van der Waals surface area contributed by atoms with Crippen LogP contribution in [0.15, 0.2) is 53.7 Å². The van der Waals surface area contributed by atoms with E-state index >= 15 is 0 Å². The van der Waals surface area contributed by atoms with Gasteiger partial charge in [-0.3, -0.25) is 4.79 Å². The summed E-state index contributed by atoms with van der Waals surface area (Å²) in [6.45, 7) is 2.90. The van der Waals surface area contributed by atoms with Crippen molar-refractivity contribution in [2.24, 2.45) is 0 Å². The van der Waals surface area contributed by atoms with Crippen molar-refractivity contribution in [1.82, 2.24) is 14.8 Å². The Bertz CT molecular complexity index is 1060. The molecular weight excluding hydrogens is 451 g/mol. The minimum Gasteiger partial charge on any atom is -0.377 e. The van der Waals surface area contributed by atoms with Crippen LogP contribution in [0.2, 0.25) is 5.02 Å². The predicted molar refractivity (Wildman–Crippen MR) is 115 cm³/mol. The molecule has 1 aromatic heterocycles. The van der Waals surface area contributed by atoms with Gasteiger partial charge in [0.25, 0.3) is 0 Å². The van der Waals surface area contributed by atoms with Crippen LogP contribution in [-0.2, 0) is 24.1 Å². The lowest BCUT2D eigenvalue weighted by Gasteiger charge is -2.11. The molecule has 3 rings (SSSR count). The lowest BCUT2D eigenvalue weighted by molar-refractivity contribution is -0.137. The highest BCUT2D eigenvalue weighted by Gasteiger charge is 2.30. The maximum Gasteiger partial charge on any atom is 0.416 e. The van der Waals surface area contributed by atoms with Crippen LogP contribution >= 0.6 is 23.4 Å². The number of thioether (sulfide) groups is 1. The highest BCUT2D eigenvalue weighted by Crippen LogP contribution is 2.30. The third-order valence-electron chi connectivity index (χ3n) is 4.23. The van der Waals surface area contributed by atoms with Gasteiger partial charge in [0.05, 0.1) is 28.6 Å². The average Bonchev–Trinajstić information content (AvgIpc) is 3.13. The number of nitrogens with one attached hydrogen (secondary N) is 2. The maximum absolute atomic E-state index is 12.8. The summed E-state index contributed by atoms with van der Waals surface area (Å²) in [5.41, 5.74) is 0.0332. The number of para-hydroxylation sites is 1. The number of hydrogen-bond donors (Lipinski definition) is 2. The Balaban J connectivity index is 1.59. The van der Waals surface area contributed by atoms with Crippen LogP contribution < -0.4 is 10.6 Å². The Morgan fingerprint density at radius 2 is 1.94 bits per heavy atom. The topological polar surface area (TPSA) is 71.8 Å². The molecule has 0 aliphatic heterocycles. The van der Waals surface area contributed by atoms with Gasteiger partial charge in [0.1, 0.15) is 0 Å². The van der Waals surface area contributed by atoms with Gasteiger partial charge in [0.15, 0.2) is 11.0 Å². The first-order valence-electron chi connectivity index (χ1n) is 9.28. The van der Waals surface area contributed by atoms with E-state index in [1.165, 1.54) is 12.1 Å². The second kappa shape index (κ2) is 10.1. The first-order chi connectivity index (χ1) is 14.8. The normalized spacial score (nSPS) is 11.4. The van der Waals surface area contributed by atoms with Crippen LogP contribution in [-0.4, -0.2) is 26.4 Å². The molecule has 0 saturated carbocycles. The molecule has 6 nitrogen and oxygen atoms in total. The van der Waals surface area contributed by atoms with Gasteiger partial charge in [0.2, 0.25) is 5.91 Å². The Kier molecular flexibility index (Phi) is 7.45. The Morgan fingerprint density at radius 1 is 1.16 bits per heavy atom. The number of nitrogens with zero attached hydrogens (tertiary/aromatic N) is 3. The summed E-state index contributed by atoms with van der Waals surface area (Å²) in [5, 5.41) is 15.1. The monoisotopic (exact) mass is 469 g/mol. The summed E-state index contributed by atoms with van der Waals surface area (Å²) in [6, 6.07) is 11.8. The molecular formula is C20H19ClF3N5OS. The third-order valence-corrected chi connectivity index (χ3v) is 5.52. The van der Waals surface area contributed by atoms with Gasteiger partial charge in [0, 0.05) is 12.2 Å².